The molecule has 3 heteroatoms. The van der Waals surface area contributed by atoms with Gasteiger partial charge in [0.05, 0.1) is 11.0 Å². The first kappa shape index (κ1) is 31.2. The van der Waals surface area contributed by atoms with Gasteiger partial charge in [-0.2, -0.15) is 0 Å². The minimum atomic E-state index is 0.910. The molecule has 0 saturated heterocycles. The highest BCUT2D eigenvalue weighted by Gasteiger charge is 2.17. The Balaban J connectivity index is 0.960. The van der Waals surface area contributed by atoms with Crippen LogP contribution in [0.5, 0.6) is 0 Å². The van der Waals surface area contributed by atoms with Crippen LogP contribution in [0.4, 0.5) is 17.1 Å². The Morgan fingerprint density at radius 2 is 0.982 bits per heavy atom. The molecule has 0 aliphatic carbocycles. The number of anilines is 3. The number of para-hydroxylation sites is 4. The number of hydrogen-bond donors (Lipinski definition) is 0. The molecule has 0 spiro atoms. The molecule has 0 aliphatic heterocycles. The number of nitrogens with zero attached hydrogens (tertiary/aromatic N) is 2. The van der Waals surface area contributed by atoms with Gasteiger partial charge in [0.15, 0.2) is 0 Å². The molecule has 0 amide bonds. The number of rotatable bonds is 6. The maximum Gasteiger partial charge on any atom is 0.143 e. The lowest BCUT2D eigenvalue weighted by Crippen LogP contribution is -2.09. The molecule has 55 heavy (non-hydrogen) atoms. The standard InChI is InChI=1S/C52H34N2O/c1-2-13-40(14-3-1)53(42-29-24-37(25-30-42)44-17-10-18-47-46-16-7-9-20-51(46)55-52(44)47)41-27-21-36(22-28-41)39-26-32-50-48(34-39)45-15-6-8-19-49(45)54(50)43-31-23-35-11-4-5-12-38(35)33-43/h1-34H. The van der Waals surface area contributed by atoms with Crippen molar-refractivity contribution in [2.45, 2.75) is 0 Å². The molecule has 11 rings (SSSR count). The SMILES string of the molecule is c1ccc(N(c2ccc(-c3ccc4c(c3)c3ccccc3n4-c3ccc4ccccc4c3)cc2)c2ccc(-c3cccc4c3oc3ccccc34)cc2)cc1. The van der Waals surface area contributed by atoms with E-state index in [1.807, 2.05) is 12.1 Å². The zero-order valence-electron chi connectivity index (χ0n) is 29.9. The summed E-state index contributed by atoms with van der Waals surface area (Å²) in [4.78, 5) is 2.32. The van der Waals surface area contributed by atoms with Crippen LogP contribution in [-0.4, -0.2) is 4.57 Å². The van der Waals surface area contributed by atoms with E-state index in [-0.39, 0.29) is 0 Å². The molecule has 2 aromatic heterocycles. The van der Waals surface area contributed by atoms with Gasteiger partial charge < -0.3 is 13.9 Å². The van der Waals surface area contributed by atoms with Crippen LogP contribution in [0, 0.1) is 0 Å². The quantitative estimate of drug-likeness (QED) is 0.172. The van der Waals surface area contributed by atoms with Crippen molar-refractivity contribution in [1.82, 2.24) is 4.57 Å². The number of fused-ring (bicyclic) bond motifs is 7. The van der Waals surface area contributed by atoms with E-state index in [1.165, 1.54) is 49.4 Å². The molecule has 11 aromatic rings. The number of benzene rings is 9. The second-order valence-corrected chi connectivity index (χ2v) is 14.2. The Kier molecular flexibility index (Phi) is 7.17. The predicted octanol–water partition coefficient (Wildman–Crippen LogP) is 14.6. The maximum absolute atomic E-state index is 6.37. The van der Waals surface area contributed by atoms with Crippen LogP contribution in [0.1, 0.15) is 0 Å². The average molecular weight is 703 g/mol. The van der Waals surface area contributed by atoms with Gasteiger partial charge in [0.1, 0.15) is 11.2 Å². The molecule has 0 fully saturated rings. The number of hydrogen-bond acceptors (Lipinski definition) is 2. The normalized spacial score (nSPS) is 11.6. The molecule has 3 nitrogen and oxygen atoms in total. The van der Waals surface area contributed by atoms with Gasteiger partial charge in [0.25, 0.3) is 0 Å². The van der Waals surface area contributed by atoms with Gasteiger partial charge in [0.2, 0.25) is 0 Å². The van der Waals surface area contributed by atoms with Crippen molar-refractivity contribution in [2.24, 2.45) is 0 Å². The van der Waals surface area contributed by atoms with Gasteiger partial charge in [-0.3, -0.25) is 0 Å². The Hall–Kier alpha value is -7.36. The monoisotopic (exact) mass is 702 g/mol. The summed E-state index contributed by atoms with van der Waals surface area (Å²) in [5.41, 5.74) is 13.3. The second kappa shape index (κ2) is 12.6. The molecule has 0 N–H and O–H groups in total. The summed E-state index contributed by atoms with van der Waals surface area (Å²) in [5.74, 6) is 0. The van der Waals surface area contributed by atoms with Crippen LogP contribution in [0.2, 0.25) is 0 Å². The van der Waals surface area contributed by atoms with E-state index >= 15 is 0 Å². The van der Waals surface area contributed by atoms with Crippen molar-refractivity contribution in [2.75, 3.05) is 4.90 Å². The summed E-state index contributed by atoms with van der Waals surface area (Å²) < 4.78 is 8.76. The van der Waals surface area contributed by atoms with Gasteiger partial charge in [0, 0.05) is 49.9 Å². The first-order chi connectivity index (χ1) is 27.3. The predicted molar refractivity (Wildman–Crippen MR) is 231 cm³/mol. The summed E-state index contributed by atoms with van der Waals surface area (Å²) in [6, 6.07) is 73.9. The van der Waals surface area contributed by atoms with Crippen LogP contribution in [0.15, 0.2) is 211 Å². The first-order valence-electron chi connectivity index (χ1n) is 18.8. The summed E-state index contributed by atoms with van der Waals surface area (Å²) in [6.07, 6.45) is 0. The van der Waals surface area contributed by atoms with Crippen LogP contribution < -0.4 is 4.90 Å². The lowest BCUT2D eigenvalue weighted by atomic mass is 10.0. The summed E-state index contributed by atoms with van der Waals surface area (Å²) >= 11 is 0. The van der Waals surface area contributed by atoms with Gasteiger partial charge >= 0.3 is 0 Å². The number of aromatic nitrogens is 1. The van der Waals surface area contributed by atoms with Crippen molar-refractivity contribution in [3.05, 3.63) is 206 Å². The first-order valence-corrected chi connectivity index (χ1v) is 18.8. The minimum absolute atomic E-state index is 0.910. The lowest BCUT2D eigenvalue weighted by molar-refractivity contribution is 0.670. The van der Waals surface area contributed by atoms with Crippen LogP contribution in [-0.2, 0) is 0 Å². The van der Waals surface area contributed by atoms with Gasteiger partial charge in [-0.05, 0) is 100 Å². The number of furan rings is 1. The molecule has 0 bridgehead atoms. The third-order valence-electron chi connectivity index (χ3n) is 11.0. The van der Waals surface area contributed by atoms with Crippen LogP contribution in [0.3, 0.4) is 0 Å². The highest BCUT2D eigenvalue weighted by Crippen LogP contribution is 2.40. The summed E-state index contributed by atoms with van der Waals surface area (Å²) in [5, 5.41) is 7.26. The average Bonchev–Trinajstić information content (AvgIpc) is 3.80. The molecular formula is C52H34N2O. The minimum Gasteiger partial charge on any atom is -0.455 e. The van der Waals surface area contributed by atoms with Crippen LogP contribution >= 0.6 is 0 Å². The maximum atomic E-state index is 6.37. The van der Waals surface area contributed by atoms with Gasteiger partial charge in [-0.15, -0.1) is 0 Å². The second-order valence-electron chi connectivity index (χ2n) is 14.2. The summed E-state index contributed by atoms with van der Waals surface area (Å²) in [6.45, 7) is 0. The Labute approximate surface area is 318 Å². The molecule has 0 aliphatic rings. The molecule has 0 unspecified atom stereocenters. The van der Waals surface area contributed by atoms with Crippen molar-refractivity contribution in [3.63, 3.8) is 0 Å². The van der Waals surface area contributed by atoms with Crippen molar-refractivity contribution in [1.29, 1.82) is 0 Å². The lowest BCUT2D eigenvalue weighted by Gasteiger charge is -2.26. The molecule has 9 aromatic carbocycles. The third kappa shape index (κ3) is 5.20. The van der Waals surface area contributed by atoms with Crippen LogP contribution in [0.25, 0.3) is 82.5 Å². The van der Waals surface area contributed by atoms with E-state index in [4.69, 9.17) is 4.42 Å². The van der Waals surface area contributed by atoms with E-state index in [2.05, 4.69) is 204 Å². The molecular weight excluding hydrogens is 669 g/mol. The fraction of sp³-hybridized carbons (Fsp3) is 0. The summed E-state index contributed by atoms with van der Waals surface area (Å²) in [7, 11) is 0. The Morgan fingerprint density at radius 1 is 0.364 bits per heavy atom. The third-order valence-corrected chi connectivity index (χ3v) is 11.0. The Morgan fingerprint density at radius 3 is 1.80 bits per heavy atom. The zero-order chi connectivity index (χ0) is 36.3. The highest BCUT2D eigenvalue weighted by atomic mass is 16.3. The molecule has 0 saturated carbocycles. The van der Waals surface area contributed by atoms with E-state index in [1.54, 1.807) is 0 Å². The molecule has 2 heterocycles. The van der Waals surface area contributed by atoms with Crippen molar-refractivity contribution < 1.29 is 4.42 Å². The smallest absolute Gasteiger partial charge is 0.143 e. The van der Waals surface area contributed by atoms with Crippen molar-refractivity contribution in [3.8, 4) is 27.9 Å². The fourth-order valence-electron chi connectivity index (χ4n) is 8.34. The van der Waals surface area contributed by atoms with E-state index in [0.717, 1.165) is 50.1 Å². The topological polar surface area (TPSA) is 21.3 Å². The zero-order valence-corrected chi connectivity index (χ0v) is 29.9. The molecule has 0 atom stereocenters. The van der Waals surface area contributed by atoms with Crippen molar-refractivity contribution >= 4 is 71.6 Å². The molecule has 258 valence electrons. The Bertz CT molecular complexity index is 3190. The molecule has 0 radical (unpaired) electrons. The fourth-order valence-corrected chi connectivity index (χ4v) is 8.34. The highest BCUT2D eigenvalue weighted by molar-refractivity contribution is 6.11. The van der Waals surface area contributed by atoms with E-state index in [9.17, 15) is 0 Å². The van der Waals surface area contributed by atoms with E-state index < -0.39 is 0 Å². The van der Waals surface area contributed by atoms with Gasteiger partial charge in [-0.1, -0.05) is 133 Å². The van der Waals surface area contributed by atoms with Gasteiger partial charge in [-0.25, -0.2) is 0 Å². The largest absolute Gasteiger partial charge is 0.455 e. The van der Waals surface area contributed by atoms with E-state index in [0.29, 0.717) is 0 Å².